The van der Waals surface area contributed by atoms with Gasteiger partial charge in [0, 0.05) is 0 Å². The van der Waals surface area contributed by atoms with Crippen molar-refractivity contribution < 1.29 is 26.8 Å². The third-order valence-corrected chi connectivity index (χ3v) is 7.00. The molecular formula is C26H24INO6S. The molecule has 3 aromatic carbocycles. The molecule has 0 amide bonds. The molecule has 35 heavy (non-hydrogen) atoms. The Morgan fingerprint density at radius 3 is 2.29 bits per heavy atom. The van der Waals surface area contributed by atoms with Crippen LogP contribution < -0.4 is 18.4 Å². The molecule has 9 heteroatoms. The molecule has 0 heterocycles. The van der Waals surface area contributed by atoms with Crippen molar-refractivity contribution >= 4 is 44.4 Å². The van der Waals surface area contributed by atoms with Gasteiger partial charge in [0.05, 0.1) is 36.0 Å². The molecule has 3 rings (SSSR count). The number of methoxy groups -OCH3 is 2. The van der Waals surface area contributed by atoms with Crippen LogP contribution in [0.15, 0.2) is 59.5 Å². The highest BCUT2D eigenvalue weighted by molar-refractivity contribution is 14.1. The molecule has 7 nitrogen and oxygen atoms in total. The van der Waals surface area contributed by atoms with E-state index in [1.807, 2.05) is 29.5 Å². The highest BCUT2D eigenvalue weighted by Crippen LogP contribution is 2.38. The Kier molecular flexibility index (Phi) is 8.64. The second kappa shape index (κ2) is 11.5. The topological polar surface area (TPSA) is 94.8 Å². The molecule has 0 radical (unpaired) electrons. The van der Waals surface area contributed by atoms with Crippen molar-refractivity contribution in [2.75, 3.05) is 20.8 Å². The molecule has 0 bridgehead atoms. The fourth-order valence-electron chi connectivity index (χ4n) is 3.23. The average molecular weight is 605 g/mol. The van der Waals surface area contributed by atoms with E-state index in [1.54, 1.807) is 62.6 Å². The molecule has 182 valence electrons. The van der Waals surface area contributed by atoms with Crippen LogP contribution in [-0.4, -0.2) is 29.2 Å². The Morgan fingerprint density at radius 2 is 1.69 bits per heavy atom. The SMILES string of the molecule is CCOc1cc(/C=C(\C#N)c2ccc(OC)c(OC)c2)cc(I)c1OS(=O)(=O)c1ccc(C)cc1. The van der Waals surface area contributed by atoms with E-state index in [-0.39, 0.29) is 16.4 Å². The first kappa shape index (κ1) is 26.4. The van der Waals surface area contributed by atoms with Crippen LogP contribution in [0.4, 0.5) is 0 Å². The summed E-state index contributed by atoms with van der Waals surface area (Å²) in [6.07, 6.45) is 1.68. The molecule has 0 aliphatic carbocycles. The number of nitrogens with zero attached hydrogens (tertiary/aromatic N) is 1. The van der Waals surface area contributed by atoms with Gasteiger partial charge in [-0.15, -0.1) is 0 Å². The molecule has 3 aromatic rings. The minimum absolute atomic E-state index is 0.0468. The summed E-state index contributed by atoms with van der Waals surface area (Å²) in [6.45, 7) is 3.96. The number of nitriles is 1. The van der Waals surface area contributed by atoms with Crippen LogP contribution >= 0.6 is 22.6 Å². The number of aryl methyl sites for hydroxylation is 1. The van der Waals surface area contributed by atoms with E-state index < -0.39 is 10.1 Å². The first-order valence-corrected chi connectivity index (χ1v) is 13.0. The summed E-state index contributed by atoms with van der Waals surface area (Å²) in [5.74, 6) is 1.40. The molecule has 0 N–H and O–H groups in total. The largest absolute Gasteiger partial charge is 0.493 e. The van der Waals surface area contributed by atoms with Gasteiger partial charge in [-0.2, -0.15) is 13.7 Å². The smallest absolute Gasteiger partial charge is 0.339 e. The Bertz CT molecular complexity index is 1390. The van der Waals surface area contributed by atoms with Crippen LogP contribution in [0, 0.1) is 21.8 Å². The van der Waals surface area contributed by atoms with E-state index in [0.29, 0.717) is 38.4 Å². The molecule has 0 aliphatic rings. The molecular weight excluding hydrogens is 581 g/mol. The van der Waals surface area contributed by atoms with E-state index in [9.17, 15) is 13.7 Å². The number of ether oxygens (including phenoxy) is 3. The average Bonchev–Trinajstić information content (AvgIpc) is 2.84. The van der Waals surface area contributed by atoms with E-state index >= 15 is 0 Å². The highest BCUT2D eigenvalue weighted by Gasteiger charge is 2.22. The summed E-state index contributed by atoms with van der Waals surface area (Å²) >= 11 is 1.99. The standard InChI is InChI=1S/C26H24INO6S/c1-5-33-25-14-18(12-20(16-28)19-8-11-23(31-3)24(15-19)32-4)13-22(27)26(25)34-35(29,30)21-9-6-17(2)7-10-21/h6-15H,5H2,1-4H3/b20-12+. The van der Waals surface area contributed by atoms with Gasteiger partial charge in [-0.25, -0.2) is 0 Å². The Balaban J connectivity index is 2.03. The zero-order valence-corrected chi connectivity index (χ0v) is 22.6. The number of benzene rings is 3. The number of rotatable bonds is 9. The third-order valence-electron chi connectivity index (χ3n) is 4.96. The first-order valence-electron chi connectivity index (χ1n) is 10.5. The molecule has 0 saturated heterocycles. The molecule has 0 aliphatic heterocycles. The molecule has 0 fully saturated rings. The lowest BCUT2D eigenvalue weighted by molar-refractivity contribution is 0.327. The van der Waals surface area contributed by atoms with Crippen LogP contribution in [0.1, 0.15) is 23.6 Å². The van der Waals surface area contributed by atoms with Crippen LogP contribution in [0.3, 0.4) is 0 Å². The van der Waals surface area contributed by atoms with Crippen LogP contribution in [0.5, 0.6) is 23.0 Å². The maximum absolute atomic E-state index is 12.9. The van der Waals surface area contributed by atoms with Gasteiger partial charge in [0.25, 0.3) is 0 Å². The van der Waals surface area contributed by atoms with Gasteiger partial charge in [0.2, 0.25) is 0 Å². The maximum Gasteiger partial charge on any atom is 0.339 e. The second-order valence-corrected chi connectivity index (χ2v) is 10.1. The summed E-state index contributed by atoms with van der Waals surface area (Å²) in [7, 11) is -1.00. The molecule has 0 atom stereocenters. The van der Waals surface area contributed by atoms with E-state index in [0.717, 1.165) is 5.56 Å². The highest BCUT2D eigenvalue weighted by atomic mass is 127. The van der Waals surface area contributed by atoms with Crippen LogP contribution in [-0.2, 0) is 10.1 Å². The summed E-state index contributed by atoms with van der Waals surface area (Å²) in [4.78, 5) is 0.0468. The molecule has 0 saturated carbocycles. The fraction of sp³-hybridized carbons (Fsp3) is 0.192. The number of hydrogen-bond donors (Lipinski definition) is 0. The monoisotopic (exact) mass is 605 g/mol. The van der Waals surface area contributed by atoms with Crippen LogP contribution in [0.2, 0.25) is 0 Å². The van der Waals surface area contributed by atoms with Gasteiger partial charge in [0.1, 0.15) is 4.90 Å². The predicted octanol–water partition coefficient (Wildman–Crippen LogP) is 5.85. The van der Waals surface area contributed by atoms with Gasteiger partial charge < -0.3 is 18.4 Å². The Hall–Kier alpha value is -3.23. The van der Waals surface area contributed by atoms with Crippen molar-refractivity contribution in [1.82, 2.24) is 0 Å². The van der Waals surface area contributed by atoms with Crippen molar-refractivity contribution in [3.05, 3.63) is 74.9 Å². The zero-order valence-electron chi connectivity index (χ0n) is 19.7. The van der Waals surface area contributed by atoms with Gasteiger partial charge >= 0.3 is 10.1 Å². The Labute approximate surface area is 219 Å². The van der Waals surface area contributed by atoms with Gasteiger partial charge in [-0.3, -0.25) is 0 Å². The number of hydrogen-bond acceptors (Lipinski definition) is 7. The van der Waals surface area contributed by atoms with E-state index in [4.69, 9.17) is 18.4 Å². The van der Waals surface area contributed by atoms with E-state index in [2.05, 4.69) is 6.07 Å². The van der Waals surface area contributed by atoms with Gasteiger partial charge in [-0.1, -0.05) is 17.7 Å². The quantitative estimate of drug-likeness (QED) is 0.131. The minimum atomic E-state index is -4.07. The molecule has 0 spiro atoms. The normalized spacial score (nSPS) is 11.5. The molecule has 0 aromatic heterocycles. The summed E-state index contributed by atoms with van der Waals surface area (Å²) in [6, 6.07) is 17.2. The van der Waals surface area contributed by atoms with Crippen LogP contribution in [0.25, 0.3) is 11.6 Å². The first-order chi connectivity index (χ1) is 16.7. The maximum atomic E-state index is 12.9. The Morgan fingerprint density at radius 1 is 1.00 bits per heavy atom. The van der Waals surface area contributed by atoms with Crippen molar-refractivity contribution in [2.45, 2.75) is 18.7 Å². The van der Waals surface area contributed by atoms with Crippen molar-refractivity contribution in [3.8, 4) is 29.1 Å². The van der Waals surface area contributed by atoms with Crippen molar-refractivity contribution in [1.29, 1.82) is 5.26 Å². The lowest BCUT2D eigenvalue weighted by atomic mass is 10.0. The fourth-order valence-corrected chi connectivity index (χ4v) is 5.07. The summed E-state index contributed by atoms with van der Waals surface area (Å²) < 4.78 is 48.1. The predicted molar refractivity (Wildman–Crippen MR) is 142 cm³/mol. The molecule has 0 unspecified atom stereocenters. The zero-order chi connectivity index (χ0) is 25.6. The number of halogens is 1. The van der Waals surface area contributed by atoms with Crippen molar-refractivity contribution in [2.24, 2.45) is 0 Å². The van der Waals surface area contributed by atoms with Gasteiger partial charge in [-0.05, 0) is 96.1 Å². The summed E-state index contributed by atoms with van der Waals surface area (Å²) in [5.41, 5.74) is 2.60. The second-order valence-electron chi connectivity index (χ2n) is 7.35. The number of allylic oxidation sites excluding steroid dienone is 1. The lowest BCUT2D eigenvalue weighted by Crippen LogP contribution is -2.12. The third kappa shape index (κ3) is 6.26. The van der Waals surface area contributed by atoms with Gasteiger partial charge in [0.15, 0.2) is 23.0 Å². The van der Waals surface area contributed by atoms with Crippen molar-refractivity contribution in [3.63, 3.8) is 0 Å². The lowest BCUT2D eigenvalue weighted by Gasteiger charge is -2.15. The summed E-state index contributed by atoms with van der Waals surface area (Å²) in [5, 5.41) is 9.80. The van der Waals surface area contributed by atoms with E-state index in [1.165, 1.54) is 19.2 Å². The minimum Gasteiger partial charge on any atom is -0.493 e.